The summed E-state index contributed by atoms with van der Waals surface area (Å²) in [4.78, 5) is 40.7. The number of hydrogen-bond donors (Lipinski definition) is 0. The molecule has 1 aliphatic heterocycles. The number of rotatable bonds is 6. The molecule has 33 heavy (non-hydrogen) atoms. The summed E-state index contributed by atoms with van der Waals surface area (Å²) in [6.45, 7) is 0.961. The van der Waals surface area contributed by atoms with E-state index in [4.69, 9.17) is 14.2 Å². The van der Waals surface area contributed by atoms with Gasteiger partial charge in [-0.25, -0.2) is 4.79 Å². The third-order valence-corrected chi connectivity index (χ3v) is 6.45. The molecular weight excluding hydrogens is 424 g/mol. The van der Waals surface area contributed by atoms with E-state index < -0.39 is 12.1 Å². The second-order valence-electron chi connectivity index (χ2n) is 8.44. The number of ether oxygens (including phenoxy) is 3. The SMILES string of the molecule is COC(=O)c1c(OC2CCCC2)cc(=O)n2c1CCN(C(=O)[C@H](OC)c1ccccc1)CC2. The number of pyridine rings is 1. The van der Waals surface area contributed by atoms with Gasteiger partial charge in [0.1, 0.15) is 11.3 Å². The van der Waals surface area contributed by atoms with E-state index in [0.717, 1.165) is 31.2 Å². The van der Waals surface area contributed by atoms with E-state index in [-0.39, 0.29) is 35.4 Å². The maximum Gasteiger partial charge on any atom is 0.343 e. The monoisotopic (exact) mass is 454 g/mol. The van der Waals surface area contributed by atoms with Crippen LogP contribution in [0.25, 0.3) is 0 Å². The van der Waals surface area contributed by atoms with Gasteiger partial charge in [-0.05, 0) is 31.2 Å². The molecule has 0 bridgehead atoms. The van der Waals surface area contributed by atoms with E-state index in [1.54, 1.807) is 9.47 Å². The number of carbonyl (C=O) groups is 2. The van der Waals surface area contributed by atoms with Crippen LogP contribution < -0.4 is 10.3 Å². The zero-order valence-electron chi connectivity index (χ0n) is 19.1. The van der Waals surface area contributed by atoms with Gasteiger partial charge >= 0.3 is 5.97 Å². The first-order chi connectivity index (χ1) is 16.0. The summed E-state index contributed by atoms with van der Waals surface area (Å²) >= 11 is 0. The van der Waals surface area contributed by atoms with Crippen LogP contribution in [0.2, 0.25) is 0 Å². The summed E-state index contributed by atoms with van der Waals surface area (Å²) < 4.78 is 18.2. The molecule has 0 unspecified atom stereocenters. The predicted octanol–water partition coefficient (Wildman–Crippen LogP) is 2.73. The minimum absolute atomic E-state index is 0.00644. The summed E-state index contributed by atoms with van der Waals surface area (Å²) in [6, 6.07) is 10.7. The van der Waals surface area contributed by atoms with Crippen LogP contribution in [-0.4, -0.2) is 54.8 Å². The standard InChI is InChI=1S/C25H30N2O6/c1-31-23(17-8-4-3-5-9-17)24(29)26-13-12-19-22(25(30)32-2)20(33-18-10-6-7-11-18)16-21(28)27(19)15-14-26/h3-5,8-9,16,18,23H,6-7,10-15H2,1-2H3/t23-/m1/s1. The van der Waals surface area contributed by atoms with Gasteiger partial charge in [-0.1, -0.05) is 30.3 Å². The van der Waals surface area contributed by atoms with Gasteiger partial charge < -0.3 is 23.7 Å². The zero-order valence-corrected chi connectivity index (χ0v) is 19.1. The van der Waals surface area contributed by atoms with Gasteiger partial charge in [0, 0.05) is 44.9 Å². The molecule has 0 spiro atoms. The molecule has 2 aliphatic rings. The van der Waals surface area contributed by atoms with Crippen LogP contribution in [0.4, 0.5) is 0 Å². The van der Waals surface area contributed by atoms with Crippen molar-refractivity contribution in [3.63, 3.8) is 0 Å². The summed E-state index contributed by atoms with van der Waals surface area (Å²) in [5.74, 6) is -0.430. The van der Waals surface area contributed by atoms with Crippen LogP contribution in [-0.2, 0) is 27.2 Å². The van der Waals surface area contributed by atoms with Crippen molar-refractivity contribution in [3.8, 4) is 5.75 Å². The molecule has 8 nitrogen and oxygen atoms in total. The summed E-state index contributed by atoms with van der Waals surface area (Å²) in [6.07, 6.45) is 3.54. The molecule has 0 N–H and O–H groups in total. The van der Waals surface area contributed by atoms with Crippen molar-refractivity contribution in [1.29, 1.82) is 0 Å². The molecule has 2 aromatic rings. The maximum atomic E-state index is 13.3. The number of fused-ring (bicyclic) bond motifs is 1. The molecule has 4 rings (SSSR count). The van der Waals surface area contributed by atoms with Gasteiger partial charge in [0.25, 0.3) is 11.5 Å². The summed E-state index contributed by atoms with van der Waals surface area (Å²) in [5, 5.41) is 0. The Labute approximate surface area is 193 Å². The fourth-order valence-electron chi connectivity index (χ4n) is 4.74. The minimum Gasteiger partial charge on any atom is -0.489 e. The Kier molecular flexibility index (Phi) is 7.13. The Hall–Kier alpha value is -3.13. The molecule has 0 radical (unpaired) electrons. The van der Waals surface area contributed by atoms with Crippen LogP contribution in [0, 0.1) is 0 Å². The number of hydrogen-bond acceptors (Lipinski definition) is 6. The second-order valence-corrected chi connectivity index (χ2v) is 8.44. The molecule has 1 atom stereocenters. The van der Waals surface area contributed by atoms with Crippen molar-refractivity contribution in [2.24, 2.45) is 0 Å². The topological polar surface area (TPSA) is 87.1 Å². The highest BCUT2D eigenvalue weighted by atomic mass is 16.5. The fourth-order valence-corrected chi connectivity index (χ4v) is 4.74. The predicted molar refractivity (Wildman–Crippen MR) is 121 cm³/mol. The third kappa shape index (κ3) is 4.80. The van der Waals surface area contributed by atoms with Crippen molar-refractivity contribution in [2.75, 3.05) is 27.3 Å². The number of nitrogens with zero attached hydrogens (tertiary/aromatic N) is 2. The molecule has 176 valence electrons. The molecule has 1 fully saturated rings. The molecule has 1 aromatic heterocycles. The lowest BCUT2D eigenvalue weighted by Crippen LogP contribution is -2.38. The second kappa shape index (κ2) is 10.2. The number of aromatic nitrogens is 1. The van der Waals surface area contributed by atoms with Gasteiger partial charge in [0.05, 0.1) is 13.2 Å². The molecule has 2 heterocycles. The average molecular weight is 455 g/mol. The van der Waals surface area contributed by atoms with Crippen LogP contribution >= 0.6 is 0 Å². The van der Waals surface area contributed by atoms with E-state index >= 15 is 0 Å². The van der Waals surface area contributed by atoms with Crippen molar-refractivity contribution in [2.45, 2.75) is 50.9 Å². The maximum absolute atomic E-state index is 13.3. The van der Waals surface area contributed by atoms with Gasteiger partial charge in [-0.3, -0.25) is 9.59 Å². The molecule has 1 aromatic carbocycles. The average Bonchev–Trinajstić information content (AvgIpc) is 3.23. The Morgan fingerprint density at radius 3 is 2.42 bits per heavy atom. The molecular formula is C25H30N2O6. The van der Waals surface area contributed by atoms with Crippen molar-refractivity contribution in [3.05, 3.63) is 63.6 Å². The third-order valence-electron chi connectivity index (χ3n) is 6.45. The Morgan fingerprint density at radius 1 is 1.03 bits per heavy atom. The van der Waals surface area contributed by atoms with Gasteiger partial charge in [0.2, 0.25) is 0 Å². The number of carbonyl (C=O) groups excluding carboxylic acids is 2. The minimum atomic E-state index is -0.731. The Bertz CT molecular complexity index is 1060. The van der Waals surface area contributed by atoms with Gasteiger partial charge in [-0.2, -0.15) is 0 Å². The van der Waals surface area contributed by atoms with Crippen LogP contribution in [0.5, 0.6) is 5.75 Å². The molecule has 1 saturated carbocycles. The van der Waals surface area contributed by atoms with Crippen LogP contribution in [0.3, 0.4) is 0 Å². The van der Waals surface area contributed by atoms with E-state index in [0.29, 0.717) is 25.2 Å². The Balaban J connectivity index is 1.63. The molecule has 1 amide bonds. The quantitative estimate of drug-likeness (QED) is 0.624. The number of benzene rings is 1. The van der Waals surface area contributed by atoms with E-state index in [2.05, 4.69) is 0 Å². The highest BCUT2D eigenvalue weighted by molar-refractivity contribution is 5.93. The number of methoxy groups -OCH3 is 2. The summed E-state index contributed by atoms with van der Waals surface area (Å²) in [7, 11) is 2.83. The van der Waals surface area contributed by atoms with E-state index in [9.17, 15) is 14.4 Å². The largest absolute Gasteiger partial charge is 0.489 e. The van der Waals surface area contributed by atoms with E-state index in [1.807, 2.05) is 30.3 Å². The van der Waals surface area contributed by atoms with Gasteiger partial charge in [0.15, 0.2) is 6.10 Å². The first-order valence-corrected chi connectivity index (χ1v) is 11.4. The Morgan fingerprint density at radius 2 is 1.76 bits per heavy atom. The number of amides is 1. The smallest absolute Gasteiger partial charge is 0.343 e. The molecule has 1 aliphatic carbocycles. The lowest BCUT2D eigenvalue weighted by Gasteiger charge is -2.25. The van der Waals surface area contributed by atoms with Gasteiger partial charge in [-0.15, -0.1) is 0 Å². The van der Waals surface area contributed by atoms with Crippen LogP contribution in [0.15, 0.2) is 41.2 Å². The fraction of sp³-hybridized carbons (Fsp3) is 0.480. The zero-order chi connectivity index (χ0) is 23.4. The van der Waals surface area contributed by atoms with Crippen molar-refractivity contribution >= 4 is 11.9 Å². The number of esters is 1. The van der Waals surface area contributed by atoms with Crippen LogP contribution in [0.1, 0.15) is 53.4 Å². The van der Waals surface area contributed by atoms with Crippen molar-refractivity contribution < 1.29 is 23.8 Å². The van der Waals surface area contributed by atoms with E-state index in [1.165, 1.54) is 20.3 Å². The normalized spacial score (nSPS) is 17.2. The lowest BCUT2D eigenvalue weighted by atomic mass is 10.1. The first kappa shape index (κ1) is 23.0. The molecule has 0 saturated heterocycles. The highest BCUT2D eigenvalue weighted by Crippen LogP contribution is 2.29. The first-order valence-electron chi connectivity index (χ1n) is 11.4. The van der Waals surface area contributed by atoms with Crippen molar-refractivity contribution in [1.82, 2.24) is 9.47 Å². The highest BCUT2D eigenvalue weighted by Gasteiger charge is 2.31. The summed E-state index contributed by atoms with van der Waals surface area (Å²) in [5.41, 5.74) is 1.36. The molecule has 8 heteroatoms. The lowest BCUT2D eigenvalue weighted by molar-refractivity contribution is -0.142.